The van der Waals surface area contributed by atoms with Gasteiger partial charge in [-0.05, 0) is 81.1 Å². The second-order valence-electron chi connectivity index (χ2n) is 5.55. The van der Waals surface area contributed by atoms with Gasteiger partial charge in [-0.2, -0.15) is 0 Å². The predicted molar refractivity (Wildman–Crippen MR) is 93.8 cm³/mol. The van der Waals surface area contributed by atoms with E-state index in [2.05, 4.69) is 26.0 Å². The highest BCUT2D eigenvalue weighted by molar-refractivity contribution is 5.33. The monoisotopic (exact) mass is 314 g/mol. The van der Waals surface area contributed by atoms with Crippen molar-refractivity contribution in [3.8, 4) is 17.2 Å². The van der Waals surface area contributed by atoms with Crippen LogP contribution in [0.5, 0.6) is 17.2 Å². The molecule has 0 saturated carbocycles. The third-order valence-corrected chi connectivity index (χ3v) is 3.69. The minimum Gasteiger partial charge on any atom is -0.494 e. The number of aryl methyl sites for hydroxylation is 2. The fraction of sp³-hybridized carbons (Fsp3) is 0.400. The Morgan fingerprint density at radius 2 is 1.17 bits per heavy atom. The van der Waals surface area contributed by atoms with Crippen molar-refractivity contribution >= 4 is 0 Å². The summed E-state index contributed by atoms with van der Waals surface area (Å²) < 4.78 is 16.9. The predicted octanol–water partition coefficient (Wildman–Crippen LogP) is 4.94. The molecule has 0 aromatic heterocycles. The Kier molecular flexibility index (Phi) is 6.79. The third kappa shape index (κ3) is 5.85. The van der Waals surface area contributed by atoms with Crippen molar-refractivity contribution < 1.29 is 14.2 Å². The van der Waals surface area contributed by atoms with E-state index in [0.717, 1.165) is 36.7 Å². The van der Waals surface area contributed by atoms with Gasteiger partial charge in [0.25, 0.3) is 0 Å². The summed E-state index contributed by atoms with van der Waals surface area (Å²) in [5.74, 6) is 2.70. The lowest BCUT2D eigenvalue weighted by atomic mass is 10.1. The first-order valence-corrected chi connectivity index (χ1v) is 8.24. The maximum Gasteiger partial charge on any atom is 0.119 e. The summed E-state index contributed by atoms with van der Waals surface area (Å²) in [7, 11) is 0. The van der Waals surface area contributed by atoms with Crippen molar-refractivity contribution in [3.63, 3.8) is 0 Å². The van der Waals surface area contributed by atoms with Crippen molar-refractivity contribution in [2.75, 3.05) is 19.8 Å². The second kappa shape index (κ2) is 9.09. The highest BCUT2D eigenvalue weighted by Gasteiger charge is 1.99. The number of ether oxygens (including phenoxy) is 3. The zero-order valence-electron chi connectivity index (χ0n) is 14.3. The fourth-order valence-corrected chi connectivity index (χ4v) is 2.19. The smallest absolute Gasteiger partial charge is 0.119 e. The first-order chi connectivity index (χ1) is 11.2. The van der Waals surface area contributed by atoms with Crippen LogP contribution in [0.1, 0.15) is 30.9 Å². The lowest BCUT2D eigenvalue weighted by Crippen LogP contribution is -2.03. The molecule has 0 fully saturated rings. The van der Waals surface area contributed by atoms with Crippen molar-refractivity contribution in [1.29, 1.82) is 0 Å². The van der Waals surface area contributed by atoms with Gasteiger partial charge in [-0.1, -0.05) is 6.07 Å². The summed E-state index contributed by atoms with van der Waals surface area (Å²) >= 11 is 0. The topological polar surface area (TPSA) is 27.7 Å². The molecule has 124 valence electrons. The summed E-state index contributed by atoms with van der Waals surface area (Å²) in [6.45, 7) is 8.29. The van der Waals surface area contributed by atoms with Crippen LogP contribution in [0.4, 0.5) is 0 Å². The highest BCUT2D eigenvalue weighted by Crippen LogP contribution is 2.18. The van der Waals surface area contributed by atoms with E-state index in [9.17, 15) is 0 Å². The molecule has 3 heteroatoms. The number of rotatable bonds is 9. The van der Waals surface area contributed by atoms with Gasteiger partial charge >= 0.3 is 0 Å². The van der Waals surface area contributed by atoms with Crippen LogP contribution in [0.15, 0.2) is 42.5 Å². The highest BCUT2D eigenvalue weighted by atomic mass is 16.5. The molecule has 0 spiro atoms. The number of hydrogen-bond acceptors (Lipinski definition) is 3. The fourth-order valence-electron chi connectivity index (χ4n) is 2.19. The molecule has 2 aromatic carbocycles. The minimum atomic E-state index is 0.681. The molecular weight excluding hydrogens is 288 g/mol. The van der Waals surface area contributed by atoms with E-state index in [-0.39, 0.29) is 0 Å². The standard InChI is InChI=1S/C20H26O3/c1-4-21-18-9-11-19(12-10-18)22-13-5-6-14-23-20-8-7-16(2)17(3)15-20/h7-12,15H,4-6,13-14H2,1-3H3. The molecule has 0 aliphatic heterocycles. The molecule has 3 nitrogen and oxygen atoms in total. The summed E-state index contributed by atoms with van der Waals surface area (Å²) in [4.78, 5) is 0. The first kappa shape index (κ1) is 17.2. The van der Waals surface area contributed by atoms with E-state index in [0.29, 0.717) is 13.2 Å². The van der Waals surface area contributed by atoms with E-state index >= 15 is 0 Å². The van der Waals surface area contributed by atoms with Crippen LogP contribution in [0.3, 0.4) is 0 Å². The molecule has 0 heterocycles. The molecule has 0 radical (unpaired) electrons. The van der Waals surface area contributed by atoms with Gasteiger partial charge in [0.05, 0.1) is 19.8 Å². The quantitative estimate of drug-likeness (QED) is 0.614. The maximum absolute atomic E-state index is 5.76. The molecule has 0 aliphatic carbocycles. The molecule has 0 amide bonds. The average molecular weight is 314 g/mol. The Morgan fingerprint density at radius 3 is 1.74 bits per heavy atom. The minimum absolute atomic E-state index is 0.681. The zero-order valence-corrected chi connectivity index (χ0v) is 14.3. The van der Waals surface area contributed by atoms with Crippen LogP contribution < -0.4 is 14.2 Å². The van der Waals surface area contributed by atoms with Gasteiger partial charge < -0.3 is 14.2 Å². The van der Waals surface area contributed by atoms with Crippen molar-refractivity contribution in [2.24, 2.45) is 0 Å². The van der Waals surface area contributed by atoms with Gasteiger partial charge in [0.1, 0.15) is 17.2 Å². The van der Waals surface area contributed by atoms with Crippen LogP contribution in [0, 0.1) is 13.8 Å². The molecule has 0 bridgehead atoms. The average Bonchev–Trinajstić information content (AvgIpc) is 2.56. The van der Waals surface area contributed by atoms with Crippen molar-refractivity contribution in [1.82, 2.24) is 0 Å². The summed E-state index contributed by atoms with van der Waals surface area (Å²) in [5, 5.41) is 0. The zero-order chi connectivity index (χ0) is 16.5. The van der Waals surface area contributed by atoms with Crippen molar-refractivity contribution in [3.05, 3.63) is 53.6 Å². The summed E-state index contributed by atoms with van der Waals surface area (Å²) in [6, 6.07) is 14.0. The Bertz CT molecular complexity index is 590. The maximum atomic E-state index is 5.76. The Morgan fingerprint density at radius 1 is 0.652 bits per heavy atom. The molecule has 0 atom stereocenters. The van der Waals surface area contributed by atoms with Crippen LogP contribution in [-0.2, 0) is 0 Å². The Hall–Kier alpha value is -2.16. The van der Waals surface area contributed by atoms with Gasteiger partial charge in [-0.25, -0.2) is 0 Å². The molecule has 2 aromatic rings. The van der Waals surface area contributed by atoms with Gasteiger partial charge in [0.15, 0.2) is 0 Å². The SMILES string of the molecule is CCOc1ccc(OCCCCOc2ccc(C)c(C)c2)cc1. The van der Waals surface area contributed by atoms with E-state index in [1.54, 1.807) is 0 Å². The lowest BCUT2D eigenvalue weighted by Gasteiger charge is -2.09. The first-order valence-electron chi connectivity index (χ1n) is 8.24. The Balaban J connectivity index is 1.61. The largest absolute Gasteiger partial charge is 0.494 e. The Labute approximate surface area is 139 Å². The summed E-state index contributed by atoms with van der Waals surface area (Å²) in [5.41, 5.74) is 2.56. The number of benzene rings is 2. The molecule has 0 N–H and O–H groups in total. The van der Waals surface area contributed by atoms with Crippen LogP contribution in [-0.4, -0.2) is 19.8 Å². The van der Waals surface area contributed by atoms with Crippen LogP contribution in [0.2, 0.25) is 0 Å². The van der Waals surface area contributed by atoms with Gasteiger partial charge in [-0.15, -0.1) is 0 Å². The second-order valence-corrected chi connectivity index (χ2v) is 5.55. The molecule has 0 unspecified atom stereocenters. The number of unbranched alkanes of at least 4 members (excludes halogenated alkanes) is 1. The van der Waals surface area contributed by atoms with Gasteiger partial charge in [0, 0.05) is 0 Å². The number of hydrogen-bond donors (Lipinski definition) is 0. The molecule has 23 heavy (non-hydrogen) atoms. The van der Waals surface area contributed by atoms with Gasteiger partial charge in [-0.3, -0.25) is 0 Å². The molecule has 0 saturated heterocycles. The van der Waals surface area contributed by atoms with E-state index < -0.39 is 0 Å². The van der Waals surface area contributed by atoms with E-state index in [1.165, 1.54) is 11.1 Å². The van der Waals surface area contributed by atoms with Gasteiger partial charge in [0.2, 0.25) is 0 Å². The molecule has 2 rings (SSSR count). The van der Waals surface area contributed by atoms with Crippen LogP contribution in [0.25, 0.3) is 0 Å². The van der Waals surface area contributed by atoms with E-state index in [1.807, 2.05) is 37.3 Å². The lowest BCUT2D eigenvalue weighted by molar-refractivity contribution is 0.266. The van der Waals surface area contributed by atoms with E-state index in [4.69, 9.17) is 14.2 Å². The normalized spacial score (nSPS) is 10.4. The third-order valence-electron chi connectivity index (χ3n) is 3.69. The molecular formula is C20H26O3. The summed E-state index contributed by atoms with van der Waals surface area (Å²) in [6.07, 6.45) is 1.95. The molecule has 0 aliphatic rings. The van der Waals surface area contributed by atoms with Crippen LogP contribution >= 0.6 is 0 Å². The van der Waals surface area contributed by atoms with Crippen molar-refractivity contribution in [2.45, 2.75) is 33.6 Å².